The van der Waals surface area contributed by atoms with Gasteiger partial charge in [0.2, 0.25) is 0 Å². The zero-order chi connectivity index (χ0) is 16.4. The van der Waals surface area contributed by atoms with Crippen LogP contribution in [-0.4, -0.2) is 31.1 Å². The fraction of sp³-hybridized carbons (Fsp3) is 0.333. The summed E-state index contributed by atoms with van der Waals surface area (Å²) in [6.07, 6.45) is 6.78. The molecule has 0 spiro atoms. The lowest BCUT2D eigenvalue weighted by atomic mass is 9.83. The molecule has 120 valence electrons. The highest BCUT2D eigenvalue weighted by Gasteiger charge is 2.38. The summed E-state index contributed by atoms with van der Waals surface area (Å²) in [7, 11) is 2.69. The van der Waals surface area contributed by atoms with Crippen LogP contribution in [0.2, 0.25) is 0 Å². The van der Waals surface area contributed by atoms with Gasteiger partial charge in [-0.1, -0.05) is 24.3 Å². The van der Waals surface area contributed by atoms with E-state index >= 15 is 0 Å². The van der Waals surface area contributed by atoms with Gasteiger partial charge in [0.1, 0.15) is 0 Å². The maximum Gasteiger partial charge on any atom is 0.332 e. The van der Waals surface area contributed by atoms with Gasteiger partial charge in [0.15, 0.2) is 0 Å². The number of ether oxygens (including phenoxy) is 2. The first-order valence-corrected chi connectivity index (χ1v) is 7.58. The van der Waals surface area contributed by atoms with Crippen LogP contribution in [0.4, 0.5) is 0 Å². The van der Waals surface area contributed by atoms with Crippen molar-refractivity contribution in [1.29, 1.82) is 0 Å². The van der Waals surface area contributed by atoms with Gasteiger partial charge in [-0.2, -0.15) is 0 Å². The monoisotopic (exact) mass is 313 g/mol. The molecule has 5 heteroatoms. The predicted octanol–water partition coefficient (Wildman–Crippen LogP) is 2.65. The van der Waals surface area contributed by atoms with Crippen molar-refractivity contribution in [3.63, 3.8) is 0 Å². The molecule has 2 heterocycles. The Morgan fingerprint density at radius 1 is 1.17 bits per heavy atom. The van der Waals surface area contributed by atoms with Gasteiger partial charge < -0.3 is 14.4 Å². The minimum Gasteiger partial charge on any atom is -0.469 e. The van der Waals surface area contributed by atoms with E-state index in [0.29, 0.717) is 12.1 Å². The SMILES string of the molecule is COC(=O)/C=C1\C(C(=O)OC)CC[C@@H]2c3ccccc3C=CN12. The van der Waals surface area contributed by atoms with Crippen molar-refractivity contribution in [1.82, 2.24) is 4.90 Å². The highest BCUT2D eigenvalue weighted by atomic mass is 16.5. The molecule has 2 aliphatic heterocycles. The van der Waals surface area contributed by atoms with Crippen molar-refractivity contribution in [3.8, 4) is 0 Å². The van der Waals surface area contributed by atoms with E-state index in [1.807, 2.05) is 29.3 Å². The van der Waals surface area contributed by atoms with Gasteiger partial charge in [-0.15, -0.1) is 0 Å². The summed E-state index contributed by atoms with van der Waals surface area (Å²) < 4.78 is 9.65. The molecule has 0 radical (unpaired) electrons. The van der Waals surface area contributed by atoms with E-state index in [9.17, 15) is 9.59 Å². The second kappa shape index (κ2) is 6.28. The lowest BCUT2D eigenvalue weighted by Crippen LogP contribution is -2.38. The third kappa shape index (κ3) is 2.74. The van der Waals surface area contributed by atoms with E-state index in [4.69, 9.17) is 9.47 Å². The van der Waals surface area contributed by atoms with Gasteiger partial charge in [0, 0.05) is 18.0 Å². The molecule has 0 saturated carbocycles. The molecule has 1 saturated heterocycles. The molecule has 0 aromatic heterocycles. The fourth-order valence-corrected chi connectivity index (χ4v) is 3.33. The number of esters is 2. The van der Waals surface area contributed by atoms with Crippen molar-refractivity contribution in [2.45, 2.75) is 18.9 Å². The molecule has 1 unspecified atom stereocenters. The molecule has 0 bridgehead atoms. The summed E-state index contributed by atoms with van der Waals surface area (Å²) >= 11 is 0. The van der Waals surface area contributed by atoms with E-state index in [-0.39, 0.29) is 12.0 Å². The van der Waals surface area contributed by atoms with Crippen LogP contribution >= 0.6 is 0 Å². The lowest BCUT2D eigenvalue weighted by molar-refractivity contribution is -0.145. The topological polar surface area (TPSA) is 55.8 Å². The maximum atomic E-state index is 12.1. The molecule has 5 nitrogen and oxygen atoms in total. The van der Waals surface area contributed by atoms with Crippen LogP contribution < -0.4 is 0 Å². The van der Waals surface area contributed by atoms with Crippen LogP contribution in [0.1, 0.15) is 30.0 Å². The molecule has 23 heavy (non-hydrogen) atoms. The standard InChI is InChI=1S/C18H19NO4/c1-22-17(20)11-16-14(18(21)23-2)7-8-15-13-6-4-3-5-12(13)9-10-19(15)16/h3-6,9-11,14-15H,7-8H2,1-2H3/b16-11+/t14?,15-/m1/s1. The molecule has 3 rings (SSSR count). The van der Waals surface area contributed by atoms with Crippen molar-refractivity contribution < 1.29 is 19.1 Å². The number of benzene rings is 1. The van der Waals surface area contributed by atoms with E-state index in [1.54, 1.807) is 0 Å². The second-order valence-electron chi connectivity index (χ2n) is 5.61. The average Bonchev–Trinajstić information content (AvgIpc) is 2.60. The fourth-order valence-electron chi connectivity index (χ4n) is 3.33. The van der Waals surface area contributed by atoms with Crippen molar-refractivity contribution in [3.05, 3.63) is 53.4 Å². The zero-order valence-electron chi connectivity index (χ0n) is 13.2. The minimum absolute atomic E-state index is 0.119. The smallest absolute Gasteiger partial charge is 0.332 e. The Morgan fingerprint density at radius 3 is 2.70 bits per heavy atom. The minimum atomic E-state index is -0.471. The number of hydrogen-bond donors (Lipinski definition) is 0. The number of nitrogens with zero attached hydrogens (tertiary/aromatic N) is 1. The summed E-state index contributed by atoms with van der Waals surface area (Å²) in [5.74, 6) is -1.25. The number of carbonyl (C=O) groups excluding carboxylic acids is 2. The number of methoxy groups -OCH3 is 2. The van der Waals surface area contributed by atoms with E-state index in [0.717, 1.165) is 6.42 Å². The summed E-state index contributed by atoms with van der Waals surface area (Å²) in [5, 5.41) is 0. The predicted molar refractivity (Wildman–Crippen MR) is 84.9 cm³/mol. The lowest BCUT2D eigenvalue weighted by Gasteiger charge is -2.42. The highest BCUT2D eigenvalue weighted by molar-refractivity contribution is 5.85. The summed E-state index contributed by atoms with van der Waals surface area (Å²) in [6.45, 7) is 0. The number of piperidine rings is 1. The summed E-state index contributed by atoms with van der Waals surface area (Å²) in [6, 6.07) is 8.29. The molecular weight excluding hydrogens is 294 g/mol. The van der Waals surface area contributed by atoms with Crippen LogP contribution in [0.15, 0.2) is 42.2 Å². The summed E-state index contributed by atoms with van der Waals surface area (Å²) in [5.41, 5.74) is 3.00. The normalized spacial score (nSPS) is 23.9. The quantitative estimate of drug-likeness (QED) is 0.620. The number of fused-ring (bicyclic) bond motifs is 3. The van der Waals surface area contributed by atoms with Crippen LogP contribution in [0.25, 0.3) is 6.08 Å². The molecular formula is C18H19NO4. The largest absolute Gasteiger partial charge is 0.469 e. The molecule has 2 atom stereocenters. The Hall–Kier alpha value is -2.56. The van der Waals surface area contributed by atoms with Gasteiger partial charge in [-0.3, -0.25) is 4.79 Å². The Kier molecular flexibility index (Phi) is 4.19. The first-order valence-electron chi connectivity index (χ1n) is 7.58. The van der Waals surface area contributed by atoms with Gasteiger partial charge in [0.25, 0.3) is 0 Å². The maximum absolute atomic E-state index is 12.1. The van der Waals surface area contributed by atoms with Crippen molar-refractivity contribution in [2.24, 2.45) is 5.92 Å². The van der Waals surface area contributed by atoms with Crippen LogP contribution in [0.5, 0.6) is 0 Å². The zero-order valence-corrected chi connectivity index (χ0v) is 13.2. The molecule has 2 aliphatic rings. The Bertz CT molecular complexity index is 692. The molecule has 1 aromatic carbocycles. The van der Waals surface area contributed by atoms with Gasteiger partial charge in [-0.25, -0.2) is 4.79 Å². The Morgan fingerprint density at radius 2 is 1.96 bits per heavy atom. The van der Waals surface area contributed by atoms with E-state index < -0.39 is 11.9 Å². The van der Waals surface area contributed by atoms with E-state index in [2.05, 4.69) is 12.1 Å². The Balaban J connectivity index is 2.02. The number of hydrogen-bond acceptors (Lipinski definition) is 5. The highest BCUT2D eigenvalue weighted by Crippen LogP contribution is 2.43. The van der Waals surface area contributed by atoms with Crippen molar-refractivity contribution in [2.75, 3.05) is 14.2 Å². The Labute approximate surface area is 135 Å². The van der Waals surface area contributed by atoms with Gasteiger partial charge >= 0.3 is 11.9 Å². The third-order valence-electron chi connectivity index (χ3n) is 4.44. The second-order valence-corrected chi connectivity index (χ2v) is 5.61. The molecule has 1 fully saturated rings. The third-order valence-corrected chi connectivity index (χ3v) is 4.44. The molecule has 0 N–H and O–H groups in total. The van der Waals surface area contributed by atoms with Crippen LogP contribution in [-0.2, 0) is 19.1 Å². The van der Waals surface area contributed by atoms with Crippen LogP contribution in [0, 0.1) is 5.92 Å². The average molecular weight is 313 g/mol. The number of carbonyl (C=O) groups is 2. The molecule has 1 aromatic rings. The van der Waals surface area contributed by atoms with Crippen LogP contribution in [0.3, 0.4) is 0 Å². The first-order chi connectivity index (χ1) is 11.2. The van der Waals surface area contributed by atoms with Gasteiger partial charge in [0.05, 0.1) is 26.2 Å². The van der Waals surface area contributed by atoms with E-state index in [1.165, 1.54) is 31.4 Å². The first kappa shape index (κ1) is 15.3. The van der Waals surface area contributed by atoms with Gasteiger partial charge in [-0.05, 0) is 30.0 Å². The number of rotatable bonds is 2. The summed E-state index contributed by atoms with van der Waals surface area (Å²) in [4.78, 5) is 25.8. The molecule has 0 amide bonds. The van der Waals surface area contributed by atoms with Crippen molar-refractivity contribution >= 4 is 18.0 Å². The molecule has 0 aliphatic carbocycles.